The molecule has 0 bridgehead atoms. The van der Waals surface area contributed by atoms with E-state index in [4.69, 9.17) is 4.74 Å². The second-order valence-corrected chi connectivity index (χ2v) is 4.60. The fourth-order valence-electron chi connectivity index (χ4n) is 0.889. The summed E-state index contributed by atoms with van der Waals surface area (Å²) in [6.45, 7) is 0. The van der Waals surface area contributed by atoms with Crippen molar-refractivity contribution in [2.75, 3.05) is 13.4 Å². The van der Waals surface area contributed by atoms with E-state index in [9.17, 15) is 12.8 Å². The molecule has 0 aliphatic carbocycles. The van der Waals surface area contributed by atoms with Crippen LogP contribution in [0.1, 0.15) is 5.56 Å². The predicted octanol–water partition coefficient (Wildman–Crippen LogP) is 1.19. The average molecular weight is 228 g/mol. The molecule has 1 rings (SSSR count). The maximum absolute atomic E-state index is 13.0. The standard InChI is InChI=1S/C10H9FO3S/c1-14-10-7-8(3-4-9(10)11)5-6-15(2,12)13/h3-4,7H,1-2H3. The van der Waals surface area contributed by atoms with E-state index in [2.05, 4.69) is 11.2 Å². The van der Waals surface area contributed by atoms with Gasteiger partial charge in [-0.15, -0.1) is 0 Å². The molecule has 1 aromatic carbocycles. The lowest BCUT2D eigenvalue weighted by Gasteiger charge is -2.00. The van der Waals surface area contributed by atoms with E-state index in [0.717, 1.165) is 6.26 Å². The van der Waals surface area contributed by atoms with E-state index in [1.165, 1.54) is 25.3 Å². The van der Waals surface area contributed by atoms with Crippen LogP contribution in [0.3, 0.4) is 0 Å². The van der Waals surface area contributed by atoms with Gasteiger partial charge in [-0.2, -0.15) is 0 Å². The Morgan fingerprint density at radius 1 is 1.40 bits per heavy atom. The lowest BCUT2D eigenvalue weighted by molar-refractivity contribution is 0.386. The van der Waals surface area contributed by atoms with Crippen LogP contribution in [0, 0.1) is 17.0 Å². The highest BCUT2D eigenvalue weighted by Gasteiger charge is 2.01. The Balaban J connectivity index is 3.12. The number of hydrogen-bond donors (Lipinski definition) is 0. The highest BCUT2D eigenvalue weighted by Crippen LogP contribution is 2.17. The molecule has 0 unspecified atom stereocenters. The lowest BCUT2D eigenvalue weighted by atomic mass is 10.2. The summed E-state index contributed by atoms with van der Waals surface area (Å²) in [5.41, 5.74) is 0.388. The smallest absolute Gasteiger partial charge is 0.214 e. The van der Waals surface area contributed by atoms with Crippen LogP contribution in [-0.2, 0) is 9.84 Å². The maximum atomic E-state index is 13.0. The number of halogens is 1. The van der Waals surface area contributed by atoms with Crippen LogP contribution in [0.4, 0.5) is 4.39 Å². The Kier molecular flexibility index (Phi) is 3.32. The van der Waals surface area contributed by atoms with E-state index in [0.29, 0.717) is 5.56 Å². The van der Waals surface area contributed by atoms with Crippen molar-refractivity contribution < 1.29 is 17.5 Å². The summed E-state index contributed by atoms with van der Waals surface area (Å²) in [5, 5.41) is 2.05. The van der Waals surface area contributed by atoms with Crippen molar-refractivity contribution in [3.8, 4) is 16.9 Å². The van der Waals surface area contributed by atoms with Crippen molar-refractivity contribution in [2.24, 2.45) is 0 Å². The second-order valence-electron chi connectivity index (χ2n) is 2.85. The summed E-state index contributed by atoms with van der Waals surface area (Å²) in [4.78, 5) is 0. The molecular formula is C10H9FO3S. The van der Waals surface area contributed by atoms with Gasteiger partial charge in [-0.1, -0.05) is 0 Å². The largest absolute Gasteiger partial charge is 0.494 e. The molecule has 0 radical (unpaired) electrons. The minimum Gasteiger partial charge on any atom is -0.494 e. The highest BCUT2D eigenvalue weighted by molar-refractivity contribution is 7.95. The summed E-state index contributed by atoms with van der Waals surface area (Å²) < 4.78 is 39.2. The quantitative estimate of drug-likeness (QED) is 0.678. The summed E-state index contributed by atoms with van der Waals surface area (Å²) in [5.74, 6) is 1.93. The molecule has 0 amide bonds. The van der Waals surface area contributed by atoms with Gasteiger partial charge in [0, 0.05) is 10.8 Å². The zero-order valence-corrected chi connectivity index (χ0v) is 9.06. The van der Waals surface area contributed by atoms with Crippen molar-refractivity contribution in [3.63, 3.8) is 0 Å². The number of benzene rings is 1. The summed E-state index contributed by atoms with van der Waals surface area (Å²) in [6, 6.07) is 3.90. The molecule has 15 heavy (non-hydrogen) atoms. The topological polar surface area (TPSA) is 43.4 Å². The predicted molar refractivity (Wildman–Crippen MR) is 54.7 cm³/mol. The summed E-state index contributed by atoms with van der Waals surface area (Å²) in [7, 11) is -2.02. The number of methoxy groups -OCH3 is 1. The maximum Gasteiger partial charge on any atom is 0.214 e. The Hall–Kier alpha value is -1.54. The number of rotatable bonds is 1. The Labute approximate surface area is 87.8 Å². The first-order valence-corrected chi connectivity index (χ1v) is 5.88. The van der Waals surface area contributed by atoms with Gasteiger partial charge in [0.1, 0.15) is 0 Å². The Morgan fingerprint density at radius 2 is 2.07 bits per heavy atom. The molecule has 0 saturated carbocycles. The molecule has 3 nitrogen and oxygen atoms in total. The van der Waals surface area contributed by atoms with Gasteiger partial charge in [0.25, 0.3) is 0 Å². The van der Waals surface area contributed by atoms with E-state index in [1.807, 2.05) is 0 Å². The molecule has 0 heterocycles. The molecule has 0 aliphatic rings. The normalized spacial score (nSPS) is 10.3. The van der Waals surface area contributed by atoms with E-state index in [1.54, 1.807) is 0 Å². The summed E-state index contributed by atoms with van der Waals surface area (Å²) >= 11 is 0. The molecular weight excluding hydrogens is 219 g/mol. The first-order chi connectivity index (χ1) is 6.92. The van der Waals surface area contributed by atoms with Crippen molar-refractivity contribution in [1.82, 2.24) is 0 Å². The van der Waals surface area contributed by atoms with Crippen molar-refractivity contribution in [3.05, 3.63) is 29.6 Å². The lowest BCUT2D eigenvalue weighted by Crippen LogP contribution is -1.91. The third-order valence-electron chi connectivity index (χ3n) is 1.53. The van der Waals surface area contributed by atoms with Crippen LogP contribution in [0.25, 0.3) is 0 Å². The van der Waals surface area contributed by atoms with E-state index >= 15 is 0 Å². The fraction of sp³-hybridized carbons (Fsp3) is 0.200. The highest BCUT2D eigenvalue weighted by atomic mass is 32.2. The first-order valence-electron chi connectivity index (χ1n) is 3.99. The van der Waals surface area contributed by atoms with Gasteiger partial charge < -0.3 is 4.74 Å². The molecule has 0 aromatic heterocycles. The summed E-state index contributed by atoms with van der Waals surface area (Å²) in [6.07, 6.45) is 1.00. The van der Waals surface area contributed by atoms with Gasteiger partial charge in [0.05, 0.1) is 13.4 Å². The molecule has 0 N–H and O–H groups in total. The van der Waals surface area contributed by atoms with Crippen LogP contribution in [0.15, 0.2) is 18.2 Å². The molecule has 1 aromatic rings. The SMILES string of the molecule is COc1cc(C#CS(C)(=O)=O)ccc1F. The van der Waals surface area contributed by atoms with Gasteiger partial charge in [-0.05, 0) is 24.1 Å². The van der Waals surface area contributed by atoms with Crippen LogP contribution in [0.5, 0.6) is 5.75 Å². The molecule has 0 saturated heterocycles. The van der Waals surface area contributed by atoms with Gasteiger partial charge in [-0.25, -0.2) is 12.8 Å². The average Bonchev–Trinajstić information content (AvgIpc) is 2.15. The minimum absolute atomic E-state index is 0.0373. The molecule has 0 fully saturated rings. The zero-order chi connectivity index (χ0) is 11.5. The number of sulfone groups is 1. The minimum atomic E-state index is -3.35. The monoisotopic (exact) mass is 228 g/mol. The first kappa shape index (κ1) is 11.5. The van der Waals surface area contributed by atoms with Crippen LogP contribution in [0.2, 0.25) is 0 Å². The van der Waals surface area contributed by atoms with Gasteiger partial charge >= 0.3 is 0 Å². The molecule has 0 aliphatic heterocycles. The zero-order valence-electron chi connectivity index (χ0n) is 8.24. The third kappa shape index (κ3) is 3.60. The molecule has 80 valence electrons. The Morgan fingerprint density at radius 3 is 2.60 bits per heavy atom. The third-order valence-corrected chi connectivity index (χ3v) is 2.00. The van der Waals surface area contributed by atoms with E-state index < -0.39 is 15.7 Å². The fourth-order valence-corrected chi connectivity index (χ4v) is 1.19. The van der Waals surface area contributed by atoms with Crippen molar-refractivity contribution in [1.29, 1.82) is 0 Å². The molecule has 5 heteroatoms. The van der Waals surface area contributed by atoms with Crippen molar-refractivity contribution in [2.45, 2.75) is 0 Å². The van der Waals surface area contributed by atoms with Gasteiger partial charge in [-0.3, -0.25) is 0 Å². The second kappa shape index (κ2) is 4.32. The van der Waals surface area contributed by atoms with Crippen LogP contribution in [-0.4, -0.2) is 21.8 Å². The van der Waals surface area contributed by atoms with Gasteiger partial charge in [0.2, 0.25) is 9.84 Å². The Bertz CT molecular complexity index is 523. The molecule has 0 spiro atoms. The molecule has 0 atom stereocenters. The number of hydrogen-bond acceptors (Lipinski definition) is 3. The van der Waals surface area contributed by atoms with Crippen LogP contribution < -0.4 is 4.74 Å². The van der Waals surface area contributed by atoms with Crippen LogP contribution >= 0.6 is 0 Å². The number of ether oxygens (including phenoxy) is 1. The van der Waals surface area contributed by atoms with Gasteiger partial charge in [0.15, 0.2) is 11.6 Å². The van der Waals surface area contributed by atoms with E-state index in [-0.39, 0.29) is 5.75 Å². The van der Waals surface area contributed by atoms with Crippen molar-refractivity contribution >= 4 is 9.84 Å².